The standard InChI is InChI=1S/C20H21N3O2/c1-16-5-2-6-19(15-16)25-14-4-11-21-20(24)17-7-9-18(10-8-17)23-13-3-12-22-23/h2-3,5-10,12-13,15H,4,11,14H2,1H3,(H,21,24). The van der Waals surface area contributed by atoms with Crippen LogP contribution in [0.25, 0.3) is 5.69 Å². The summed E-state index contributed by atoms with van der Waals surface area (Å²) in [7, 11) is 0. The van der Waals surface area contributed by atoms with E-state index in [0.717, 1.165) is 17.9 Å². The van der Waals surface area contributed by atoms with Gasteiger partial charge in [-0.05, 0) is 61.4 Å². The first-order valence-electron chi connectivity index (χ1n) is 8.30. The van der Waals surface area contributed by atoms with Gasteiger partial charge >= 0.3 is 0 Å². The van der Waals surface area contributed by atoms with Crippen LogP contribution in [-0.2, 0) is 0 Å². The van der Waals surface area contributed by atoms with Gasteiger partial charge in [-0.1, -0.05) is 12.1 Å². The van der Waals surface area contributed by atoms with Crippen LogP contribution in [0.15, 0.2) is 67.0 Å². The maximum absolute atomic E-state index is 12.1. The molecule has 3 rings (SSSR count). The summed E-state index contributed by atoms with van der Waals surface area (Å²) in [6, 6.07) is 17.2. The van der Waals surface area contributed by atoms with E-state index in [1.807, 2.05) is 55.6 Å². The molecule has 25 heavy (non-hydrogen) atoms. The fourth-order valence-electron chi connectivity index (χ4n) is 2.46. The van der Waals surface area contributed by atoms with Crippen molar-refractivity contribution in [1.29, 1.82) is 0 Å². The smallest absolute Gasteiger partial charge is 0.251 e. The Hall–Kier alpha value is -3.08. The average molecular weight is 335 g/mol. The molecule has 0 unspecified atom stereocenters. The van der Waals surface area contributed by atoms with Crippen molar-refractivity contribution in [2.75, 3.05) is 13.2 Å². The zero-order chi connectivity index (χ0) is 17.5. The van der Waals surface area contributed by atoms with E-state index < -0.39 is 0 Å². The number of hydrogen-bond donors (Lipinski definition) is 1. The van der Waals surface area contributed by atoms with Gasteiger partial charge < -0.3 is 10.1 Å². The lowest BCUT2D eigenvalue weighted by Gasteiger charge is -2.08. The molecule has 3 aromatic rings. The molecular formula is C20H21N3O2. The molecule has 0 radical (unpaired) electrons. The van der Waals surface area contributed by atoms with Crippen LogP contribution in [0.4, 0.5) is 0 Å². The largest absolute Gasteiger partial charge is 0.494 e. The summed E-state index contributed by atoms with van der Waals surface area (Å²) in [5.41, 5.74) is 2.73. The number of aryl methyl sites for hydroxylation is 1. The molecule has 0 atom stereocenters. The van der Waals surface area contributed by atoms with Gasteiger partial charge in [-0.3, -0.25) is 4.79 Å². The van der Waals surface area contributed by atoms with Crippen molar-refractivity contribution in [3.8, 4) is 11.4 Å². The Balaban J connectivity index is 1.42. The molecule has 1 aromatic heterocycles. The third-order valence-corrected chi connectivity index (χ3v) is 3.76. The highest BCUT2D eigenvalue weighted by Crippen LogP contribution is 2.12. The number of carbonyl (C=O) groups is 1. The molecule has 1 amide bonds. The van der Waals surface area contributed by atoms with E-state index in [9.17, 15) is 4.79 Å². The number of amides is 1. The van der Waals surface area contributed by atoms with E-state index >= 15 is 0 Å². The van der Waals surface area contributed by atoms with E-state index in [2.05, 4.69) is 10.4 Å². The lowest BCUT2D eigenvalue weighted by atomic mass is 10.2. The fourth-order valence-corrected chi connectivity index (χ4v) is 2.46. The fraction of sp³-hybridized carbons (Fsp3) is 0.200. The number of hydrogen-bond acceptors (Lipinski definition) is 3. The summed E-state index contributed by atoms with van der Waals surface area (Å²) in [6.45, 7) is 3.18. The highest BCUT2D eigenvalue weighted by atomic mass is 16.5. The Morgan fingerprint density at radius 3 is 2.72 bits per heavy atom. The van der Waals surface area contributed by atoms with E-state index in [1.54, 1.807) is 23.0 Å². The monoisotopic (exact) mass is 335 g/mol. The van der Waals surface area contributed by atoms with E-state index in [4.69, 9.17) is 4.74 Å². The van der Waals surface area contributed by atoms with Gasteiger partial charge in [0.25, 0.3) is 5.91 Å². The van der Waals surface area contributed by atoms with Crippen molar-refractivity contribution in [3.05, 3.63) is 78.1 Å². The number of nitrogens with one attached hydrogen (secondary N) is 1. The highest BCUT2D eigenvalue weighted by Gasteiger charge is 2.05. The lowest BCUT2D eigenvalue weighted by molar-refractivity contribution is 0.0951. The predicted octanol–water partition coefficient (Wildman–Crippen LogP) is 3.38. The molecule has 5 heteroatoms. The Labute approximate surface area is 147 Å². The normalized spacial score (nSPS) is 10.4. The maximum atomic E-state index is 12.1. The quantitative estimate of drug-likeness (QED) is 0.674. The first kappa shape index (κ1) is 16.8. The average Bonchev–Trinajstić information content (AvgIpc) is 3.16. The van der Waals surface area contributed by atoms with Crippen LogP contribution in [0.3, 0.4) is 0 Å². The Kier molecular flexibility index (Phi) is 5.46. The number of aromatic nitrogens is 2. The van der Waals surface area contributed by atoms with Gasteiger partial charge in [0.2, 0.25) is 0 Å². The van der Waals surface area contributed by atoms with Gasteiger partial charge in [0.05, 0.1) is 12.3 Å². The first-order valence-corrected chi connectivity index (χ1v) is 8.30. The molecule has 0 aliphatic rings. The van der Waals surface area contributed by atoms with Crippen LogP contribution in [-0.4, -0.2) is 28.8 Å². The van der Waals surface area contributed by atoms with Gasteiger partial charge in [0.15, 0.2) is 0 Å². The Bertz CT molecular complexity index is 811. The zero-order valence-corrected chi connectivity index (χ0v) is 14.2. The van der Waals surface area contributed by atoms with Crippen LogP contribution in [0.5, 0.6) is 5.75 Å². The molecule has 0 spiro atoms. The van der Waals surface area contributed by atoms with Crippen molar-refractivity contribution < 1.29 is 9.53 Å². The first-order chi connectivity index (χ1) is 12.2. The molecule has 0 aliphatic carbocycles. The van der Waals surface area contributed by atoms with Gasteiger partial charge in [0.1, 0.15) is 5.75 Å². The lowest BCUT2D eigenvalue weighted by Crippen LogP contribution is -2.25. The molecule has 128 valence electrons. The molecule has 0 bridgehead atoms. The summed E-state index contributed by atoms with van der Waals surface area (Å²) < 4.78 is 7.42. The summed E-state index contributed by atoms with van der Waals surface area (Å²) in [5, 5.41) is 7.07. The summed E-state index contributed by atoms with van der Waals surface area (Å²) in [6.07, 6.45) is 4.34. The van der Waals surface area contributed by atoms with Gasteiger partial charge in [0, 0.05) is 24.5 Å². The third-order valence-electron chi connectivity index (χ3n) is 3.76. The summed E-state index contributed by atoms with van der Waals surface area (Å²) >= 11 is 0. The van der Waals surface area contributed by atoms with Crippen molar-refractivity contribution in [3.63, 3.8) is 0 Å². The van der Waals surface area contributed by atoms with E-state index in [-0.39, 0.29) is 5.91 Å². The minimum Gasteiger partial charge on any atom is -0.494 e. The van der Waals surface area contributed by atoms with Crippen LogP contribution >= 0.6 is 0 Å². The van der Waals surface area contributed by atoms with Crippen molar-refractivity contribution in [2.45, 2.75) is 13.3 Å². The zero-order valence-electron chi connectivity index (χ0n) is 14.2. The highest BCUT2D eigenvalue weighted by molar-refractivity contribution is 5.94. The number of ether oxygens (including phenoxy) is 1. The molecule has 0 saturated carbocycles. The molecule has 5 nitrogen and oxygen atoms in total. The summed E-state index contributed by atoms with van der Waals surface area (Å²) in [5.74, 6) is 0.781. The van der Waals surface area contributed by atoms with E-state index in [1.165, 1.54) is 5.56 Å². The van der Waals surface area contributed by atoms with Crippen molar-refractivity contribution in [1.82, 2.24) is 15.1 Å². The maximum Gasteiger partial charge on any atom is 0.251 e. The molecule has 0 fully saturated rings. The van der Waals surface area contributed by atoms with Crippen LogP contribution in [0.2, 0.25) is 0 Å². The van der Waals surface area contributed by atoms with Gasteiger partial charge in [-0.25, -0.2) is 4.68 Å². The van der Waals surface area contributed by atoms with Crippen LogP contribution in [0.1, 0.15) is 22.3 Å². The van der Waals surface area contributed by atoms with Crippen molar-refractivity contribution >= 4 is 5.91 Å². The topological polar surface area (TPSA) is 56.1 Å². The van der Waals surface area contributed by atoms with Gasteiger partial charge in [-0.15, -0.1) is 0 Å². The predicted molar refractivity (Wildman–Crippen MR) is 97.2 cm³/mol. The van der Waals surface area contributed by atoms with E-state index in [0.29, 0.717) is 18.7 Å². The Morgan fingerprint density at radius 2 is 2.00 bits per heavy atom. The second-order valence-electron chi connectivity index (χ2n) is 5.77. The molecule has 0 aliphatic heterocycles. The number of carbonyl (C=O) groups excluding carboxylic acids is 1. The number of benzene rings is 2. The third kappa shape index (κ3) is 4.70. The number of nitrogens with zero attached hydrogens (tertiary/aromatic N) is 2. The molecule has 1 heterocycles. The van der Waals surface area contributed by atoms with Crippen LogP contribution in [0, 0.1) is 6.92 Å². The van der Waals surface area contributed by atoms with Crippen molar-refractivity contribution in [2.24, 2.45) is 0 Å². The van der Waals surface area contributed by atoms with Crippen LogP contribution < -0.4 is 10.1 Å². The number of rotatable bonds is 7. The minimum atomic E-state index is -0.0810. The molecule has 0 saturated heterocycles. The second kappa shape index (κ2) is 8.15. The minimum absolute atomic E-state index is 0.0810. The molecule has 1 N–H and O–H groups in total. The molecule has 2 aromatic carbocycles. The summed E-state index contributed by atoms with van der Waals surface area (Å²) in [4.78, 5) is 12.1. The second-order valence-corrected chi connectivity index (χ2v) is 5.77. The SMILES string of the molecule is Cc1cccc(OCCCNC(=O)c2ccc(-n3cccn3)cc2)c1. The Morgan fingerprint density at radius 1 is 1.16 bits per heavy atom. The van der Waals surface area contributed by atoms with Gasteiger partial charge in [-0.2, -0.15) is 5.10 Å². The molecular weight excluding hydrogens is 314 g/mol.